The summed E-state index contributed by atoms with van der Waals surface area (Å²) in [7, 11) is 4.05. The Morgan fingerprint density at radius 3 is 2.64 bits per heavy atom. The molecule has 0 spiro atoms. The van der Waals surface area contributed by atoms with Gasteiger partial charge in [-0.15, -0.1) is 0 Å². The number of anilines is 1. The minimum atomic E-state index is -0.365. The molecule has 1 aromatic heterocycles. The van der Waals surface area contributed by atoms with Gasteiger partial charge in [0.15, 0.2) is 5.13 Å². The van der Waals surface area contributed by atoms with Crippen molar-refractivity contribution in [3.63, 3.8) is 0 Å². The van der Waals surface area contributed by atoms with Gasteiger partial charge in [-0.1, -0.05) is 22.9 Å². The van der Waals surface area contributed by atoms with E-state index in [-0.39, 0.29) is 11.7 Å². The van der Waals surface area contributed by atoms with Gasteiger partial charge in [0, 0.05) is 10.6 Å². The summed E-state index contributed by atoms with van der Waals surface area (Å²) in [5, 5.41) is 1.25. The molecule has 0 radical (unpaired) electrons. The highest BCUT2D eigenvalue weighted by Gasteiger charge is 2.22. The summed E-state index contributed by atoms with van der Waals surface area (Å²) in [4.78, 5) is 20.4. The molecule has 0 saturated heterocycles. The Morgan fingerprint density at radius 1 is 1.24 bits per heavy atom. The highest BCUT2D eigenvalue weighted by molar-refractivity contribution is 7.22. The molecule has 0 fully saturated rings. The Bertz CT molecular complexity index is 895. The zero-order valence-electron chi connectivity index (χ0n) is 13.9. The highest BCUT2D eigenvalue weighted by atomic mass is 35.5. The van der Waals surface area contributed by atoms with Crippen molar-refractivity contribution in [3.8, 4) is 0 Å². The van der Waals surface area contributed by atoms with E-state index in [1.807, 2.05) is 26.2 Å². The molecule has 3 aromatic rings. The topological polar surface area (TPSA) is 37.6 Å². The summed E-state index contributed by atoms with van der Waals surface area (Å²) < 4.78 is 14.1. The lowest BCUT2D eigenvalue weighted by Gasteiger charge is -2.20. The van der Waals surface area contributed by atoms with E-state index >= 15 is 0 Å². The van der Waals surface area contributed by atoms with Gasteiger partial charge in [0.05, 0.1) is 37.4 Å². The molecule has 1 heterocycles. The summed E-state index contributed by atoms with van der Waals surface area (Å²) in [5.41, 5.74) is 1.24. The summed E-state index contributed by atoms with van der Waals surface area (Å²) in [6.45, 7) is 1.29. The van der Waals surface area contributed by atoms with Gasteiger partial charge in [-0.05, 0) is 42.5 Å². The van der Waals surface area contributed by atoms with Gasteiger partial charge in [-0.3, -0.25) is 9.69 Å². The molecule has 25 heavy (non-hydrogen) atoms. The van der Waals surface area contributed by atoms with Crippen LogP contribution >= 0.6 is 22.9 Å². The number of thiazole rings is 1. The van der Waals surface area contributed by atoms with Gasteiger partial charge in [-0.25, -0.2) is 9.37 Å². The van der Waals surface area contributed by atoms with E-state index in [1.165, 1.54) is 40.5 Å². The molecule has 0 unspecified atom stereocenters. The fraction of sp³-hybridized carbons (Fsp3) is 0.222. The van der Waals surface area contributed by atoms with Crippen LogP contribution in [0.4, 0.5) is 9.52 Å². The molecule has 7 heteroatoms. The van der Waals surface area contributed by atoms with Crippen molar-refractivity contribution in [3.05, 3.63) is 58.9 Å². The number of likely N-dealkylation sites (N-methyl/N-ethyl adjacent to an activating group) is 1. The number of halogens is 2. The van der Waals surface area contributed by atoms with Crippen molar-refractivity contribution < 1.29 is 14.1 Å². The van der Waals surface area contributed by atoms with E-state index in [2.05, 4.69) is 4.98 Å². The third-order valence-corrected chi connectivity index (χ3v) is 5.02. The molecule has 2 aromatic carbocycles. The molecule has 0 atom stereocenters. The summed E-state index contributed by atoms with van der Waals surface area (Å²) in [5.74, 6) is -0.554. The van der Waals surface area contributed by atoms with Crippen LogP contribution in [0.5, 0.6) is 0 Å². The summed E-state index contributed by atoms with van der Waals surface area (Å²) in [6.07, 6.45) is 0. The average molecular weight is 379 g/mol. The number of amides is 1. The minimum absolute atomic E-state index is 0.189. The maximum Gasteiger partial charge on any atom is 0.260 e. The predicted molar refractivity (Wildman–Crippen MR) is 100 cm³/mol. The predicted octanol–water partition coefficient (Wildman–Crippen LogP) is 2.88. The number of fused-ring (bicyclic) bond motifs is 1. The molecule has 0 saturated carbocycles. The number of nitrogens with one attached hydrogen (secondary N) is 1. The zero-order valence-corrected chi connectivity index (χ0v) is 15.5. The molecule has 1 amide bonds. The van der Waals surface area contributed by atoms with E-state index in [1.54, 1.807) is 11.0 Å². The molecular weight excluding hydrogens is 361 g/mol. The van der Waals surface area contributed by atoms with E-state index in [9.17, 15) is 9.18 Å². The zero-order chi connectivity index (χ0) is 18.0. The van der Waals surface area contributed by atoms with Crippen LogP contribution in [-0.2, 0) is 0 Å². The first-order chi connectivity index (χ1) is 11.9. The number of quaternary nitrogens is 1. The van der Waals surface area contributed by atoms with E-state index < -0.39 is 0 Å². The first kappa shape index (κ1) is 17.8. The second kappa shape index (κ2) is 7.47. The van der Waals surface area contributed by atoms with Crippen LogP contribution in [0, 0.1) is 5.82 Å². The average Bonchev–Trinajstić information content (AvgIpc) is 2.98. The molecule has 0 aliphatic rings. The van der Waals surface area contributed by atoms with Crippen LogP contribution in [0.25, 0.3) is 10.2 Å². The van der Waals surface area contributed by atoms with Crippen molar-refractivity contribution in [2.45, 2.75) is 0 Å². The molecule has 4 nitrogen and oxygen atoms in total. The Morgan fingerprint density at radius 2 is 1.96 bits per heavy atom. The lowest BCUT2D eigenvalue weighted by atomic mass is 10.2. The molecule has 0 aliphatic carbocycles. The second-order valence-corrected chi connectivity index (χ2v) is 7.47. The second-order valence-electron chi connectivity index (χ2n) is 6.03. The third kappa shape index (κ3) is 4.15. The molecule has 130 valence electrons. The number of hydrogen-bond acceptors (Lipinski definition) is 3. The number of nitrogens with zero attached hydrogens (tertiary/aromatic N) is 2. The smallest absolute Gasteiger partial charge is 0.260 e. The van der Waals surface area contributed by atoms with Crippen molar-refractivity contribution in [2.75, 3.05) is 32.1 Å². The highest BCUT2D eigenvalue weighted by Crippen LogP contribution is 2.31. The third-order valence-electron chi connectivity index (χ3n) is 3.74. The molecular formula is C18H18ClFN3OS+. The molecule has 0 aliphatic heterocycles. The van der Waals surface area contributed by atoms with Gasteiger partial charge in [0.25, 0.3) is 5.91 Å². The number of hydrogen-bond donors (Lipinski definition) is 1. The fourth-order valence-corrected chi connectivity index (χ4v) is 3.64. The maximum absolute atomic E-state index is 13.2. The normalized spacial score (nSPS) is 11.2. The molecule has 0 bridgehead atoms. The summed E-state index contributed by atoms with van der Waals surface area (Å²) >= 11 is 7.47. The number of aromatic nitrogens is 1. The van der Waals surface area contributed by atoms with Gasteiger partial charge in [-0.2, -0.15) is 0 Å². The number of carbonyl (C=O) groups is 1. The van der Waals surface area contributed by atoms with Crippen molar-refractivity contribution in [1.29, 1.82) is 0 Å². The lowest BCUT2D eigenvalue weighted by Crippen LogP contribution is -3.06. The summed E-state index contributed by atoms with van der Waals surface area (Å²) in [6, 6.07) is 11.0. The van der Waals surface area contributed by atoms with Crippen molar-refractivity contribution in [1.82, 2.24) is 4.98 Å². The van der Waals surface area contributed by atoms with Gasteiger partial charge >= 0.3 is 0 Å². The van der Waals surface area contributed by atoms with Crippen LogP contribution in [0.1, 0.15) is 10.4 Å². The van der Waals surface area contributed by atoms with E-state index in [0.29, 0.717) is 22.3 Å². The Hall–Kier alpha value is -2.02. The van der Waals surface area contributed by atoms with Crippen molar-refractivity contribution >= 4 is 44.2 Å². The number of carbonyl (C=O) groups excluding carboxylic acids is 1. The van der Waals surface area contributed by atoms with Gasteiger partial charge in [0.2, 0.25) is 0 Å². The quantitative estimate of drug-likeness (QED) is 0.741. The standard InChI is InChI=1S/C18H17ClFN3OS/c1-22(2)9-10-23(17(24)12-3-6-14(20)7-4-12)18-21-15-8-5-13(19)11-16(15)25-18/h3-8,11H,9-10H2,1-2H3/p+1. The van der Waals surface area contributed by atoms with Crippen LogP contribution in [0.2, 0.25) is 5.02 Å². The first-order valence-electron chi connectivity index (χ1n) is 7.86. The maximum atomic E-state index is 13.2. The minimum Gasteiger partial charge on any atom is -0.338 e. The van der Waals surface area contributed by atoms with Crippen molar-refractivity contribution in [2.24, 2.45) is 0 Å². The molecule has 1 N–H and O–H groups in total. The van der Waals surface area contributed by atoms with Crippen LogP contribution in [0.15, 0.2) is 42.5 Å². The van der Waals surface area contributed by atoms with E-state index in [0.717, 1.165) is 16.8 Å². The fourth-order valence-electron chi connectivity index (χ4n) is 2.37. The number of rotatable bonds is 5. The Balaban J connectivity index is 1.97. The van der Waals surface area contributed by atoms with E-state index in [4.69, 9.17) is 11.6 Å². The van der Waals surface area contributed by atoms with Crippen LogP contribution in [0.3, 0.4) is 0 Å². The Kier molecular flexibility index (Phi) is 5.32. The van der Waals surface area contributed by atoms with Crippen LogP contribution < -0.4 is 9.80 Å². The largest absolute Gasteiger partial charge is 0.338 e. The lowest BCUT2D eigenvalue weighted by molar-refractivity contribution is -0.856. The SMILES string of the molecule is C[NH+](C)CCN(C(=O)c1ccc(F)cc1)c1nc2ccc(Cl)cc2s1. The van der Waals surface area contributed by atoms with Gasteiger partial charge in [0.1, 0.15) is 5.82 Å². The van der Waals surface area contributed by atoms with Crippen LogP contribution in [-0.4, -0.2) is 38.1 Å². The molecule has 3 rings (SSSR count). The first-order valence-corrected chi connectivity index (χ1v) is 9.06. The number of benzene rings is 2. The monoisotopic (exact) mass is 378 g/mol. The van der Waals surface area contributed by atoms with Gasteiger partial charge < -0.3 is 4.90 Å². The Labute approximate surface area is 154 Å².